The molecular weight excluding hydrogens is 146 g/mol. The molecule has 11 heavy (non-hydrogen) atoms. The van der Waals surface area contributed by atoms with Crippen LogP contribution >= 0.6 is 0 Å². The monoisotopic (exact) mass is 161 g/mol. The number of aliphatic carboxylic acids is 1. The fourth-order valence-corrected chi connectivity index (χ4v) is 0.747. The standard InChI is InChI=1S/C7H15NO3/c1-3-5(2)4-6(11-8)7(9)10/h5-6H,3-4,8H2,1-2H3,(H,9,10)/t5-,6+/m1/s1. The number of hydrogen-bond donors (Lipinski definition) is 2. The fraction of sp³-hybridized carbons (Fsp3) is 0.857. The van der Waals surface area contributed by atoms with Crippen molar-refractivity contribution < 1.29 is 14.7 Å². The maximum atomic E-state index is 10.4. The smallest absolute Gasteiger partial charge is 0.334 e. The molecule has 0 saturated carbocycles. The molecule has 0 fully saturated rings. The summed E-state index contributed by atoms with van der Waals surface area (Å²) in [5, 5.41) is 8.51. The van der Waals surface area contributed by atoms with E-state index < -0.39 is 12.1 Å². The first-order chi connectivity index (χ1) is 5.11. The third-order valence-electron chi connectivity index (χ3n) is 1.75. The van der Waals surface area contributed by atoms with Gasteiger partial charge in [-0.3, -0.25) is 4.84 Å². The van der Waals surface area contributed by atoms with E-state index in [-0.39, 0.29) is 0 Å². The van der Waals surface area contributed by atoms with Crippen molar-refractivity contribution in [3.63, 3.8) is 0 Å². The Bertz CT molecular complexity index is 127. The minimum atomic E-state index is -0.993. The molecule has 0 aromatic carbocycles. The summed E-state index contributed by atoms with van der Waals surface area (Å²) in [5.41, 5.74) is 0. The fourth-order valence-electron chi connectivity index (χ4n) is 0.747. The van der Waals surface area contributed by atoms with Gasteiger partial charge in [-0.15, -0.1) is 0 Å². The van der Waals surface area contributed by atoms with Gasteiger partial charge < -0.3 is 5.11 Å². The van der Waals surface area contributed by atoms with Gasteiger partial charge in [0.05, 0.1) is 0 Å². The highest BCUT2D eigenvalue weighted by Gasteiger charge is 2.19. The molecule has 0 radical (unpaired) electrons. The predicted octanol–water partition coefficient (Wildman–Crippen LogP) is 0.766. The van der Waals surface area contributed by atoms with E-state index in [1.165, 1.54) is 0 Å². The van der Waals surface area contributed by atoms with Crippen LogP contribution in [0.4, 0.5) is 0 Å². The Morgan fingerprint density at radius 1 is 1.73 bits per heavy atom. The Hall–Kier alpha value is -0.610. The lowest BCUT2D eigenvalue weighted by Gasteiger charge is -2.13. The summed E-state index contributed by atoms with van der Waals surface area (Å²) >= 11 is 0. The summed E-state index contributed by atoms with van der Waals surface area (Å²) < 4.78 is 0. The Morgan fingerprint density at radius 3 is 2.55 bits per heavy atom. The van der Waals surface area contributed by atoms with Crippen LogP contribution in [0.1, 0.15) is 26.7 Å². The molecule has 0 aliphatic rings. The van der Waals surface area contributed by atoms with E-state index >= 15 is 0 Å². The maximum absolute atomic E-state index is 10.4. The number of carboxylic acid groups (broad SMARTS) is 1. The summed E-state index contributed by atoms with van der Waals surface area (Å²) in [6.07, 6.45) is 0.556. The molecule has 0 saturated heterocycles. The van der Waals surface area contributed by atoms with E-state index in [0.29, 0.717) is 12.3 Å². The first-order valence-corrected chi connectivity index (χ1v) is 3.70. The summed E-state index contributed by atoms with van der Waals surface area (Å²) in [7, 11) is 0. The molecule has 4 nitrogen and oxygen atoms in total. The number of rotatable bonds is 5. The van der Waals surface area contributed by atoms with Gasteiger partial charge in [0.1, 0.15) is 0 Å². The van der Waals surface area contributed by atoms with Crippen molar-refractivity contribution in [2.75, 3.05) is 0 Å². The summed E-state index contributed by atoms with van der Waals surface area (Å²) in [6, 6.07) is 0. The molecule has 4 heteroatoms. The zero-order valence-electron chi connectivity index (χ0n) is 6.91. The Labute approximate surface area is 66.3 Å². The molecule has 0 aliphatic carbocycles. The molecule has 2 atom stereocenters. The van der Waals surface area contributed by atoms with Gasteiger partial charge in [0.2, 0.25) is 0 Å². The quantitative estimate of drug-likeness (QED) is 0.584. The topological polar surface area (TPSA) is 72.5 Å². The molecule has 0 aromatic rings. The highest BCUT2D eigenvalue weighted by molar-refractivity contribution is 5.72. The minimum Gasteiger partial charge on any atom is -0.479 e. The average Bonchev–Trinajstić information content (AvgIpc) is 1.99. The Kier molecular flexibility index (Phi) is 4.81. The molecule has 3 N–H and O–H groups in total. The van der Waals surface area contributed by atoms with Crippen molar-refractivity contribution >= 4 is 5.97 Å². The first-order valence-electron chi connectivity index (χ1n) is 3.70. The molecule has 66 valence electrons. The van der Waals surface area contributed by atoms with Crippen LogP contribution in [0.5, 0.6) is 0 Å². The van der Waals surface area contributed by atoms with Crippen LogP contribution < -0.4 is 5.90 Å². The van der Waals surface area contributed by atoms with Crippen molar-refractivity contribution in [2.45, 2.75) is 32.8 Å². The molecule has 0 spiro atoms. The summed E-state index contributed by atoms with van der Waals surface area (Å²) in [4.78, 5) is 14.7. The van der Waals surface area contributed by atoms with Crippen molar-refractivity contribution in [3.05, 3.63) is 0 Å². The van der Waals surface area contributed by atoms with Crippen LogP contribution in [0, 0.1) is 5.92 Å². The third-order valence-corrected chi connectivity index (χ3v) is 1.75. The second-order valence-electron chi connectivity index (χ2n) is 2.71. The van der Waals surface area contributed by atoms with E-state index in [2.05, 4.69) is 4.84 Å². The molecule has 0 bridgehead atoms. The van der Waals surface area contributed by atoms with Crippen LogP contribution in [0.2, 0.25) is 0 Å². The number of carboxylic acids is 1. The Morgan fingerprint density at radius 2 is 2.27 bits per heavy atom. The molecular formula is C7H15NO3. The summed E-state index contributed by atoms with van der Waals surface area (Å²) in [5.74, 6) is 4.14. The van der Waals surface area contributed by atoms with Gasteiger partial charge in [-0.2, -0.15) is 0 Å². The highest BCUT2D eigenvalue weighted by Crippen LogP contribution is 2.11. The Balaban J connectivity index is 3.77. The molecule has 0 aromatic heterocycles. The minimum absolute atomic E-state index is 0.333. The van der Waals surface area contributed by atoms with Gasteiger partial charge >= 0.3 is 5.97 Å². The van der Waals surface area contributed by atoms with Crippen molar-refractivity contribution in [1.82, 2.24) is 0 Å². The van der Waals surface area contributed by atoms with Gasteiger partial charge in [-0.1, -0.05) is 20.3 Å². The molecule has 0 heterocycles. The zero-order chi connectivity index (χ0) is 8.85. The second kappa shape index (κ2) is 5.09. The average molecular weight is 161 g/mol. The van der Waals surface area contributed by atoms with Crippen LogP contribution in [-0.4, -0.2) is 17.2 Å². The molecule has 0 unspecified atom stereocenters. The van der Waals surface area contributed by atoms with E-state index in [1.807, 2.05) is 13.8 Å². The number of carbonyl (C=O) groups is 1. The number of nitrogens with two attached hydrogens (primary N) is 1. The lowest BCUT2D eigenvalue weighted by Crippen LogP contribution is -2.28. The van der Waals surface area contributed by atoms with Gasteiger partial charge in [0.25, 0.3) is 0 Å². The normalized spacial score (nSPS) is 15.9. The van der Waals surface area contributed by atoms with E-state index in [1.54, 1.807) is 0 Å². The van der Waals surface area contributed by atoms with Crippen molar-refractivity contribution in [1.29, 1.82) is 0 Å². The molecule has 0 amide bonds. The van der Waals surface area contributed by atoms with E-state index in [4.69, 9.17) is 11.0 Å². The van der Waals surface area contributed by atoms with E-state index in [9.17, 15) is 4.79 Å². The van der Waals surface area contributed by atoms with Crippen LogP contribution in [0.15, 0.2) is 0 Å². The van der Waals surface area contributed by atoms with Crippen LogP contribution in [-0.2, 0) is 9.63 Å². The third kappa shape index (κ3) is 3.95. The van der Waals surface area contributed by atoms with Gasteiger partial charge in [-0.25, -0.2) is 10.7 Å². The molecule has 0 rings (SSSR count). The van der Waals surface area contributed by atoms with E-state index in [0.717, 1.165) is 6.42 Å². The van der Waals surface area contributed by atoms with Gasteiger partial charge in [0.15, 0.2) is 6.10 Å². The highest BCUT2D eigenvalue weighted by atomic mass is 16.6. The lowest BCUT2D eigenvalue weighted by molar-refractivity contribution is -0.151. The van der Waals surface area contributed by atoms with Gasteiger partial charge in [-0.05, 0) is 12.3 Å². The first kappa shape index (κ1) is 10.4. The predicted molar refractivity (Wildman–Crippen MR) is 40.8 cm³/mol. The molecule has 0 aliphatic heterocycles. The van der Waals surface area contributed by atoms with Crippen molar-refractivity contribution in [3.8, 4) is 0 Å². The zero-order valence-corrected chi connectivity index (χ0v) is 6.91. The summed E-state index contributed by atoms with van der Waals surface area (Å²) in [6.45, 7) is 3.97. The lowest BCUT2D eigenvalue weighted by atomic mass is 10.0. The second-order valence-corrected chi connectivity index (χ2v) is 2.71. The van der Waals surface area contributed by atoms with Crippen molar-refractivity contribution in [2.24, 2.45) is 11.8 Å². The number of hydrogen-bond acceptors (Lipinski definition) is 3. The van der Waals surface area contributed by atoms with Crippen LogP contribution in [0.3, 0.4) is 0 Å². The maximum Gasteiger partial charge on any atom is 0.334 e. The SMILES string of the molecule is CC[C@@H](C)C[C@H](ON)C(=O)O. The van der Waals surface area contributed by atoms with Gasteiger partial charge in [0, 0.05) is 0 Å². The largest absolute Gasteiger partial charge is 0.479 e. The van der Waals surface area contributed by atoms with Crippen LogP contribution in [0.25, 0.3) is 0 Å².